The first kappa shape index (κ1) is 20.4. The minimum atomic E-state index is -0.331. The van der Waals surface area contributed by atoms with E-state index in [1.807, 2.05) is 6.92 Å². The number of aromatic nitrogens is 4. The Hall–Kier alpha value is -2.84. The van der Waals surface area contributed by atoms with Crippen LogP contribution in [0.25, 0.3) is 5.95 Å². The Kier molecular flexibility index (Phi) is 6.06. The van der Waals surface area contributed by atoms with Crippen molar-refractivity contribution in [3.05, 3.63) is 65.0 Å². The first-order valence-electron chi connectivity index (χ1n) is 9.80. The lowest BCUT2D eigenvalue weighted by atomic mass is 10.1. The molecule has 1 saturated heterocycles. The van der Waals surface area contributed by atoms with Crippen molar-refractivity contribution < 1.29 is 9.18 Å². The van der Waals surface area contributed by atoms with E-state index in [1.54, 1.807) is 35.4 Å². The van der Waals surface area contributed by atoms with Crippen LogP contribution in [0.3, 0.4) is 0 Å². The first-order chi connectivity index (χ1) is 14.5. The third-order valence-corrected chi connectivity index (χ3v) is 5.51. The van der Waals surface area contributed by atoms with E-state index in [2.05, 4.69) is 24.9 Å². The zero-order valence-electron chi connectivity index (χ0n) is 16.6. The van der Waals surface area contributed by atoms with E-state index in [0.29, 0.717) is 29.5 Å². The molecule has 1 fully saturated rings. The molecular formula is C21H22ClFN6O. The summed E-state index contributed by atoms with van der Waals surface area (Å²) >= 11 is 5.97. The zero-order chi connectivity index (χ0) is 21.1. The standard InChI is InChI=1S/C21H22ClFN6O/c1-15-19(14-26-29(15)21-24-4-2-5-25-21)20(30)3-6-27-7-9-28(10-8-27)18-12-16(22)11-17(23)13-18/h2,4-5,11-14H,3,6-10H2,1H3. The molecule has 156 valence electrons. The molecule has 7 nitrogen and oxygen atoms in total. The Morgan fingerprint density at radius 1 is 1.13 bits per heavy atom. The molecule has 4 rings (SSSR count). The summed E-state index contributed by atoms with van der Waals surface area (Å²) in [4.78, 5) is 25.4. The predicted molar refractivity (Wildman–Crippen MR) is 113 cm³/mol. The van der Waals surface area contributed by atoms with Gasteiger partial charge in [-0.25, -0.2) is 19.0 Å². The van der Waals surface area contributed by atoms with Crippen LogP contribution < -0.4 is 4.90 Å². The third kappa shape index (κ3) is 4.49. The number of anilines is 1. The fourth-order valence-corrected chi connectivity index (χ4v) is 3.85. The number of halogens is 2. The average Bonchev–Trinajstić information content (AvgIpc) is 3.14. The van der Waals surface area contributed by atoms with E-state index >= 15 is 0 Å². The lowest BCUT2D eigenvalue weighted by Crippen LogP contribution is -2.47. The summed E-state index contributed by atoms with van der Waals surface area (Å²) < 4.78 is 15.2. The van der Waals surface area contributed by atoms with Crippen LogP contribution in [-0.2, 0) is 0 Å². The van der Waals surface area contributed by atoms with E-state index in [-0.39, 0.29) is 11.6 Å². The fourth-order valence-electron chi connectivity index (χ4n) is 3.63. The number of Topliss-reactive ketones (excluding diaryl/α,β-unsaturated/α-hetero) is 1. The van der Waals surface area contributed by atoms with Gasteiger partial charge in [-0.1, -0.05) is 11.6 Å². The summed E-state index contributed by atoms with van der Waals surface area (Å²) in [6.45, 7) is 5.64. The number of carbonyl (C=O) groups excluding carboxylic acids is 1. The van der Waals surface area contributed by atoms with Crippen molar-refractivity contribution in [2.75, 3.05) is 37.6 Å². The molecule has 0 unspecified atom stereocenters. The van der Waals surface area contributed by atoms with Crippen LogP contribution in [-0.4, -0.2) is 63.2 Å². The molecule has 3 heterocycles. The SMILES string of the molecule is Cc1c(C(=O)CCN2CCN(c3cc(F)cc(Cl)c3)CC2)cnn1-c1ncccn1. The summed E-state index contributed by atoms with van der Waals surface area (Å²) in [5.41, 5.74) is 2.12. The van der Waals surface area contributed by atoms with Crippen molar-refractivity contribution in [2.24, 2.45) is 0 Å². The molecule has 1 aliphatic heterocycles. The normalized spacial score (nSPS) is 14.8. The van der Waals surface area contributed by atoms with Gasteiger partial charge < -0.3 is 4.90 Å². The summed E-state index contributed by atoms with van der Waals surface area (Å²) in [7, 11) is 0. The van der Waals surface area contributed by atoms with Gasteiger partial charge >= 0.3 is 0 Å². The average molecular weight is 429 g/mol. The number of hydrogen-bond donors (Lipinski definition) is 0. The molecule has 0 amide bonds. The molecule has 0 aliphatic carbocycles. The highest BCUT2D eigenvalue weighted by Crippen LogP contribution is 2.23. The number of carbonyl (C=O) groups is 1. The van der Waals surface area contributed by atoms with Crippen molar-refractivity contribution in [3.8, 4) is 5.95 Å². The van der Waals surface area contributed by atoms with Crippen LogP contribution in [0.4, 0.5) is 10.1 Å². The fraction of sp³-hybridized carbons (Fsp3) is 0.333. The minimum absolute atomic E-state index is 0.0500. The Morgan fingerprint density at radius 3 is 2.57 bits per heavy atom. The Morgan fingerprint density at radius 2 is 1.87 bits per heavy atom. The molecule has 1 aromatic carbocycles. The van der Waals surface area contributed by atoms with Gasteiger partial charge in [0, 0.05) is 62.2 Å². The number of benzene rings is 1. The zero-order valence-corrected chi connectivity index (χ0v) is 17.4. The Bertz CT molecular complexity index is 1010. The van der Waals surface area contributed by atoms with E-state index < -0.39 is 0 Å². The molecular weight excluding hydrogens is 407 g/mol. The van der Waals surface area contributed by atoms with Crippen molar-refractivity contribution in [3.63, 3.8) is 0 Å². The second-order valence-electron chi connectivity index (χ2n) is 7.23. The van der Waals surface area contributed by atoms with Gasteiger partial charge in [0.1, 0.15) is 5.82 Å². The molecule has 2 aromatic heterocycles. The monoisotopic (exact) mass is 428 g/mol. The van der Waals surface area contributed by atoms with Crippen LogP contribution >= 0.6 is 11.6 Å². The molecule has 0 spiro atoms. The number of ketones is 1. The molecule has 0 N–H and O–H groups in total. The maximum Gasteiger partial charge on any atom is 0.250 e. The summed E-state index contributed by atoms with van der Waals surface area (Å²) in [6, 6.07) is 6.32. The molecule has 3 aromatic rings. The van der Waals surface area contributed by atoms with Gasteiger partial charge in [-0.05, 0) is 31.2 Å². The highest BCUT2D eigenvalue weighted by atomic mass is 35.5. The molecule has 30 heavy (non-hydrogen) atoms. The van der Waals surface area contributed by atoms with Crippen LogP contribution in [0, 0.1) is 12.7 Å². The second-order valence-corrected chi connectivity index (χ2v) is 7.67. The van der Waals surface area contributed by atoms with Gasteiger partial charge in [-0.2, -0.15) is 5.10 Å². The highest BCUT2D eigenvalue weighted by molar-refractivity contribution is 6.30. The maximum absolute atomic E-state index is 13.6. The molecule has 0 atom stereocenters. The van der Waals surface area contributed by atoms with Gasteiger partial charge in [-0.15, -0.1) is 0 Å². The number of hydrogen-bond acceptors (Lipinski definition) is 6. The smallest absolute Gasteiger partial charge is 0.250 e. The summed E-state index contributed by atoms with van der Waals surface area (Å²) in [6.07, 6.45) is 5.28. The molecule has 0 saturated carbocycles. The molecule has 1 aliphatic rings. The number of nitrogens with zero attached hydrogens (tertiary/aromatic N) is 6. The van der Waals surface area contributed by atoms with Crippen LogP contribution in [0.2, 0.25) is 5.02 Å². The molecule has 9 heteroatoms. The quantitative estimate of drug-likeness (QED) is 0.562. The molecule has 0 bridgehead atoms. The third-order valence-electron chi connectivity index (χ3n) is 5.29. The first-order valence-corrected chi connectivity index (χ1v) is 10.2. The number of rotatable bonds is 6. The van der Waals surface area contributed by atoms with Crippen molar-refractivity contribution >= 4 is 23.1 Å². The van der Waals surface area contributed by atoms with Crippen molar-refractivity contribution in [2.45, 2.75) is 13.3 Å². The van der Waals surface area contributed by atoms with E-state index in [4.69, 9.17) is 11.6 Å². The van der Waals surface area contributed by atoms with Crippen molar-refractivity contribution in [1.29, 1.82) is 0 Å². The van der Waals surface area contributed by atoms with E-state index in [9.17, 15) is 9.18 Å². The Balaban J connectivity index is 1.32. The van der Waals surface area contributed by atoms with Gasteiger partial charge in [0.25, 0.3) is 5.95 Å². The Labute approximate surface area is 179 Å². The predicted octanol–water partition coefficient (Wildman–Crippen LogP) is 3.16. The van der Waals surface area contributed by atoms with E-state index in [1.165, 1.54) is 12.1 Å². The van der Waals surface area contributed by atoms with Crippen LogP contribution in [0.1, 0.15) is 22.5 Å². The number of piperazine rings is 1. The van der Waals surface area contributed by atoms with Gasteiger partial charge in [0.05, 0.1) is 17.5 Å². The van der Waals surface area contributed by atoms with Gasteiger partial charge in [0.2, 0.25) is 0 Å². The van der Waals surface area contributed by atoms with E-state index in [0.717, 1.165) is 37.6 Å². The van der Waals surface area contributed by atoms with Crippen LogP contribution in [0.5, 0.6) is 0 Å². The maximum atomic E-state index is 13.6. The largest absolute Gasteiger partial charge is 0.369 e. The van der Waals surface area contributed by atoms with Crippen molar-refractivity contribution in [1.82, 2.24) is 24.6 Å². The van der Waals surface area contributed by atoms with Gasteiger partial charge in [-0.3, -0.25) is 9.69 Å². The lowest BCUT2D eigenvalue weighted by Gasteiger charge is -2.36. The van der Waals surface area contributed by atoms with Gasteiger partial charge in [0.15, 0.2) is 5.78 Å². The second kappa shape index (κ2) is 8.89. The molecule has 0 radical (unpaired) electrons. The topological polar surface area (TPSA) is 67.2 Å². The highest BCUT2D eigenvalue weighted by Gasteiger charge is 2.21. The van der Waals surface area contributed by atoms with Crippen LogP contribution in [0.15, 0.2) is 42.9 Å². The summed E-state index contributed by atoms with van der Waals surface area (Å²) in [5.74, 6) is 0.166. The summed E-state index contributed by atoms with van der Waals surface area (Å²) in [5, 5.41) is 4.67. The lowest BCUT2D eigenvalue weighted by molar-refractivity contribution is 0.0962. The minimum Gasteiger partial charge on any atom is -0.369 e.